The van der Waals surface area contributed by atoms with Crippen molar-refractivity contribution in [2.75, 3.05) is 20.1 Å². The highest BCUT2D eigenvalue weighted by atomic mass is 16.5. The Kier molecular flexibility index (Phi) is 3.69. The van der Waals surface area contributed by atoms with Crippen molar-refractivity contribution in [2.24, 2.45) is 11.8 Å². The molecule has 2 aliphatic rings. The van der Waals surface area contributed by atoms with Gasteiger partial charge in [-0.15, -0.1) is 5.10 Å². The Bertz CT molecular complexity index is 631. The lowest BCUT2D eigenvalue weighted by molar-refractivity contribution is 0.0939. The molecule has 1 aromatic rings. The van der Waals surface area contributed by atoms with Gasteiger partial charge in [0.1, 0.15) is 5.92 Å². The number of nitrogens with one attached hydrogen (secondary N) is 2. The molecule has 6 heteroatoms. The molecule has 0 amide bonds. The molecule has 3 unspecified atom stereocenters. The monoisotopic (exact) mass is 301 g/mol. The van der Waals surface area contributed by atoms with Crippen molar-refractivity contribution in [2.45, 2.75) is 38.5 Å². The molecule has 6 nitrogen and oxygen atoms in total. The first kappa shape index (κ1) is 15.0. The highest BCUT2D eigenvalue weighted by Gasteiger charge is 2.56. The van der Waals surface area contributed by atoms with Gasteiger partial charge in [-0.05, 0) is 32.4 Å². The first-order valence-electron chi connectivity index (χ1n) is 7.96. The highest BCUT2D eigenvalue weighted by Crippen LogP contribution is 2.52. The number of aromatic amines is 1. The van der Waals surface area contributed by atoms with Crippen LogP contribution < -0.4 is 4.74 Å². The van der Waals surface area contributed by atoms with Crippen molar-refractivity contribution >= 4 is 5.90 Å². The van der Waals surface area contributed by atoms with Crippen LogP contribution in [0, 0.1) is 28.6 Å². The third kappa shape index (κ3) is 1.96. The number of nitrogens with zero attached hydrogens (tertiary/aromatic N) is 3. The van der Waals surface area contributed by atoms with E-state index in [-0.39, 0.29) is 17.2 Å². The van der Waals surface area contributed by atoms with Crippen molar-refractivity contribution in [3.63, 3.8) is 0 Å². The minimum atomic E-state index is -0.531. The Labute approximate surface area is 131 Å². The summed E-state index contributed by atoms with van der Waals surface area (Å²) in [6.45, 7) is 6.16. The fourth-order valence-corrected chi connectivity index (χ4v) is 4.20. The molecule has 3 rings (SSSR count). The van der Waals surface area contributed by atoms with Crippen LogP contribution in [0.25, 0.3) is 0 Å². The summed E-state index contributed by atoms with van der Waals surface area (Å²) in [6, 6.07) is 2.35. The topological polar surface area (TPSA) is 88.8 Å². The smallest absolute Gasteiger partial charge is 0.243 e. The summed E-state index contributed by atoms with van der Waals surface area (Å²) < 4.78 is 5.57. The minimum absolute atomic E-state index is 0.0425. The number of fused-ring (bicyclic) bond motifs is 2. The largest absolute Gasteiger partial charge is 0.422 e. The average molecular weight is 301 g/mol. The van der Waals surface area contributed by atoms with Gasteiger partial charge >= 0.3 is 0 Å². The van der Waals surface area contributed by atoms with Gasteiger partial charge in [-0.1, -0.05) is 20.3 Å². The van der Waals surface area contributed by atoms with E-state index in [0.29, 0.717) is 5.88 Å². The summed E-state index contributed by atoms with van der Waals surface area (Å²) in [6.07, 6.45) is 2.76. The molecule has 0 bridgehead atoms. The normalized spacial score (nSPS) is 31.6. The molecule has 2 N–H and O–H groups in total. The number of hydrogen-bond donors (Lipinski definition) is 2. The maximum Gasteiger partial charge on any atom is 0.243 e. The second-order valence-electron chi connectivity index (χ2n) is 6.61. The molecule has 22 heavy (non-hydrogen) atoms. The second kappa shape index (κ2) is 5.40. The van der Waals surface area contributed by atoms with E-state index in [1.807, 2.05) is 0 Å². The van der Waals surface area contributed by atoms with Gasteiger partial charge < -0.3 is 9.64 Å². The molecule has 0 aromatic carbocycles. The summed E-state index contributed by atoms with van der Waals surface area (Å²) >= 11 is 0. The lowest BCUT2D eigenvalue weighted by atomic mass is 9.58. The molecule has 3 atom stereocenters. The Morgan fingerprint density at radius 3 is 3.00 bits per heavy atom. The summed E-state index contributed by atoms with van der Waals surface area (Å²) in [5.74, 6) is 0.293. The number of hydrogen-bond acceptors (Lipinski definition) is 5. The fraction of sp³-hybridized carbons (Fsp3) is 0.688. The van der Waals surface area contributed by atoms with Crippen LogP contribution in [0.3, 0.4) is 0 Å². The maximum absolute atomic E-state index is 9.73. The van der Waals surface area contributed by atoms with Crippen molar-refractivity contribution < 1.29 is 4.74 Å². The quantitative estimate of drug-likeness (QED) is 0.875. The van der Waals surface area contributed by atoms with Gasteiger partial charge in [0.25, 0.3) is 0 Å². The van der Waals surface area contributed by atoms with E-state index in [1.165, 1.54) is 0 Å². The maximum atomic E-state index is 9.73. The molecule has 0 aliphatic carbocycles. The molecular formula is C16H23N5O. The summed E-state index contributed by atoms with van der Waals surface area (Å²) in [5, 5.41) is 25.3. The average Bonchev–Trinajstić information content (AvgIpc) is 2.86. The highest BCUT2D eigenvalue weighted by molar-refractivity contribution is 5.85. The van der Waals surface area contributed by atoms with E-state index in [1.54, 1.807) is 0 Å². The number of ether oxygens (including phenoxy) is 1. The predicted octanol–water partition coefficient (Wildman–Crippen LogP) is 2.08. The van der Waals surface area contributed by atoms with Crippen LogP contribution in [0.1, 0.15) is 37.9 Å². The SMILES string of the molecule is CCCc1[nH]nc2c1C1(CCN(C)CC1C)C(C#N)C(=N)O2. The van der Waals surface area contributed by atoms with Gasteiger partial charge in [0, 0.05) is 23.2 Å². The van der Waals surface area contributed by atoms with Gasteiger partial charge in [-0.25, -0.2) is 0 Å². The number of nitriles is 1. The zero-order chi connectivity index (χ0) is 15.9. The van der Waals surface area contributed by atoms with E-state index < -0.39 is 5.92 Å². The third-order valence-electron chi connectivity index (χ3n) is 5.26. The predicted molar refractivity (Wildman–Crippen MR) is 83.0 cm³/mol. The first-order chi connectivity index (χ1) is 10.5. The van der Waals surface area contributed by atoms with Crippen molar-refractivity contribution in [3.8, 4) is 11.9 Å². The molecule has 1 saturated heterocycles. The van der Waals surface area contributed by atoms with Crippen LogP contribution in [0.2, 0.25) is 0 Å². The van der Waals surface area contributed by atoms with Crippen LogP contribution in [-0.2, 0) is 11.8 Å². The van der Waals surface area contributed by atoms with Gasteiger partial charge in [-0.3, -0.25) is 10.5 Å². The first-order valence-corrected chi connectivity index (χ1v) is 7.96. The van der Waals surface area contributed by atoms with Crippen molar-refractivity contribution in [1.29, 1.82) is 10.7 Å². The standard InChI is InChI=1S/C16H23N5O/c1-4-5-12-13-15(20-19-12)22-14(18)11(8-17)16(13)6-7-21(3)9-10(16)2/h10-11,18H,4-7,9H2,1-3H3,(H,19,20). The van der Waals surface area contributed by atoms with E-state index in [4.69, 9.17) is 10.1 Å². The van der Waals surface area contributed by atoms with E-state index in [0.717, 1.165) is 43.6 Å². The van der Waals surface area contributed by atoms with Crippen LogP contribution in [0.15, 0.2) is 0 Å². The number of aryl methyl sites for hydroxylation is 1. The number of aromatic nitrogens is 2. The van der Waals surface area contributed by atoms with Gasteiger partial charge in [0.05, 0.1) is 6.07 Å². The summed E-state index contributed by atoms with van der Waals surface area (Å²) in [5.41, 5.74) is 1.77. The van der Waals surface area contributed by atoms with Crippen LogP contribution in [0.4, 0.5) is 0 Å². The Morgan fingerprint density at radius 2 is 2.36 bits per heavy atom. The second-order valence-corrected chi connectivity index (χ2v) is 6.61. The zero-order valence-corrected chi connectivity index (χ0v) is 13.4. The van der Waals surface area contributed by atoms with Crippen LogP contribution >= 0.6 is 0 Å². The number of piperidine rings is 1. The lowest BCUT2D eigenvalue weighted by Crippen LogP contribution is -2.56. The Morgan fingerprint density at radius 1 is 1.59 bits per heavy atom. The number of likely N-dealkylation sites (tertiary alicyclic amines) is 1. The van der Waals surface area contributed by atoms with Gasteiger partial charge in [0.2, 0.25) is 11.8 Å². The van der Waals surface area contributed by atoms with E-state index in [2.05, 4.69) is 42.1 Å². The Balaban J connectivity index is 2.19. The van der Waals surface area contributed by atoms with Crippen molar-refractivity contribution in [3.05, 3.63) is 11.3 Å². The van der Waals surface area contributed by atoms with Gasteiger partial charge in [-0.2, -0.15) is 5.26 Å². The molecule has 3 heterocycles. The molecule has 118 valence electrons. The zero-order valence-electron chi connectivity index (χ0n) is 13.4. The summed E-state index contributed by atoms with van der Waals surface area (Å²) in [7, 11) is 2.11. The molecule has 2 aliphatic heterocycles. The van der Waals surface area contributed by atoms with E-state index in [9.17, 15) is 5.26 Å². The number of H-pyrrole nitrogens is 1. The van der Waals surface area contributed by atoms with Crippen LogP contribution in [0.5, 0.6) is 5.88 Å². The van der Waals surface area contributed by atoms with Gasteiger partial charge in [0.15, 0.2) is 0 Å². The van der Waals surface area contributed by atoms with Crippen LogP contribution in [-0.4, -0.2) is 41.1 Å². The Hall–Kier alpha value is -1.87. The number of rotatable bonds is 2. The fourth-order valence-electron chi connectivity index (χ4n) is 4.20. The molecule has 0 radical (unpaired) electrons. The van der Waals surface area contributed by atoms with Crippen molar-refractivity contribution in [1.82, 2.24) is 15.1 Å². The summed E-state index contributed by atoms with van der Waals surface area (Å²) in [4.78, 5) is 2.29. The molecule has 1 spiro atoms. The minimum Gasteiger partial charge on any atom is -0.422 e. The third-order valence-corrected chi connectivity index (χ3v) is 5.26. The molecular weight excluding hydrogens is 278 g/mol. The molecule has 1 fully saturated rings. The van der Waals surface area contributed by atoms with E-state index >= 15 is 0 Å². The lowest BCUT2D eigenvalue weighted by Gasteiger charge is -2.49. The molecule has 1 aromatic heterocycles. The molecule has 0 saturated carbocycles.